The van der Waals surface area contributed by atoms with Gasteiger partial charge in [-0.1, -0.05) is 12.1 Å². The summed E-state index contributed by atoms with van der Waals surface area (Å²) >= 11 is 0. The summed E-state index contributed by atoms with van der Waals surface area (Å²) in [7, 11) is 1.29. The molecule has 4 rings (SSSR count). The van der Waals surface area contributed by atoms with Crippen LogP contribution in [0.1, 0.15) is 76.9 Å². The average molecular weight is 441 g/mol. The average Bonchev–Trinajstić information content (AvgIpc) is 3.32. The number of esters is 1. The van der Waals surface area contributed by atoms with Crippen molar-refractivity contribution in [3.05, 3.63) is 68.9 Å². The van der Waals surface area contributed by atoms with Crippen LogP contribution in [-0.2, 0) is 11.3 Å². The normalized spacial score (nSPS) is 15.5. The molecule has 0 saturated heterocycles. The third-order valence-corrected chi connectivity index (χ3v) is 6.04. The van der Waals surface area contributed by atoms with Crippen molar-refractivity contribution in [2.75, 3.05) is 13.7 Å². The van der Waals surface area contributed by atoms with Crippen LogP contribution in [0.5, 0.6) is 0 Å². The Bertz CT molecular complexity index is 1150. The molecule has 2 unspecified atom stereocenters. The maximum atomic E-state index is 13.0. The van der Waals surface area contributed by atoms with Gasteiger partial charge in [0.05, 0.1) is 24.8 Å². The first-order valence-corrected chi connectivity index (χ1v) is 10.9. The number of nitrogens with two attached hydrogens (primary N) is 1. The van der Waals surface area contributed by atoms with E-state index in [0.29, 0.717) is 36.1 Å². The largest absolute Gasteiger partial charge is 0.464 e. The first kappa shape index (κ1) is 22.0. The minimum Gasteiger partial charge on any atom is -0.464 e. The molecule has 1 saturated carbocycles. The Morgan fingerprint density at radius 3 is 2.72 bits per heavy atom. The molecule has 1 aliphatic rings. The van der Waals surface area contributed by atoms with Gasteiger partial charge in [-0.3, -0.25) is 0 Å². The highest BCUT2D eigenvalue weighted by Crippen LogP contribution is 2.47. The van der Waals surface area contributed by atoms with Crippen molar-refractivity contribution in [2.45, 2.75) is 51.5 Å². The number of methoxy groups -OCH3 is 1. The van der Waals surface area contributed by atoms with Crippen LogP contribution >= 0.6 is 0 Å². The lowest BCUT2D eigenvalue weighted by molar-refractivity contribution is 0.0594. The van der Waals surface area contributed by atoms with E-state index < -0.39 is 5.97 Å². The molecule has 0 amide bonds. The minimum absolute atomic E-state index is 0.0302. The summed E-state index contributed by atoms with van der Waals surface area (Å²) in [6.07, 6.45) is 4.39. The zero-order chi connectivity index (χ0) is 22.8. The monoisotopic (exact) mass is 440 g/mol. The Hall–Kier alpha value is -3.20. The summed E-state index contributed by atoms with van der Waals surface area (Å²) in [5.74, 6) is 1.69. The summed E-state index contributed by atoms with van der Waals surface area (Å²) in [6.45, 7) is 4.72. The summed E-state index contributed by atoms with van der Waals surface area (Å²) in [5.41, 5.74) is 7.20. The number of rotatable bonds is 9. The molecular formula is C23H28N4O5. The van der Waals surface area contributed by atoms with E-state index in [4.69, 9.17) is 14.6 Å². The lowest BCUT2D eigenvalue weighted by Crippen LogP contribution is -2.20. The highest BCUT2D eigenvalue weighted by molar-refractivity contribution is 5.86. The van der Waals surface area contributed by atoms with E-state index in [0.717, 1.165) is 30.6 Å². The van der Waals surface area contributed by atoms with E-state index in [-0.39, 0.29) is 23.2 Å². The van der Waals surface area contributed by atoms with Crippen molar-refractivity contribution in [2.24, 2.45) is 11.7 Å². The van der Waals surface area contributed by atoms with E-state index in [2.05, 4.69) is 15.0 Å². The highest BCUT2D eigenvalue weighted by atomic mass is 16.5. The van der Waals surface area contributed by atoms with Crippen molar-refractivity contribution in [1.29, 1.82) is 0 Å². The number of ether oxygens (including phenoxy) is 1. The van der Waals surface area contributed by atoms with Gasteiger partial charge < -0.3 is 19.3 Å². The fraction of sp³-hybridized carbons (Fsp3) is 0.478. The molecular weight excluding hydrogens is 412 g/mol. The second-order valence-corrected chi connectivity index (χ2v) is 8.29. The smallest absolute Gasteiger partial charge is 0.360 e. The quantitative estimate of drug-likeness (QED) is 0.503. The van der Waals surface area contributed by atoms with Gasteiger partial charge in [-0.25, -0.2) is 14.3 Å². The van der Waals surface area contributed by atoms with Gasteiger partial charge in [-0.05, 0) is 55.9 Å². The van der Waals surface area contributed by atoms with E-state index in [1.54, 1.807) is 0 Å². The fourth-order valence-electron chi connectivity index (χ4n) is 4.12. The predicted octanol–water partition coefficient (Wildman–Crippen LogP) is 2.96. The molecule has 3 aromatic rings. The first-order chi connectivity index (χ1) is 15.4. The van der Waals surface area contributed by atoms with E-state index >= 15 is 0 Å². The van der Waals surface area contributed by atoms with Crippen molar-refractivity contribution in [3.63, 3.8) is 0 Å². The van der Waals surface area contributed by atoms with Gasteiger partial charge in [0, 0.05) is 12.5 Å². The van der Waals surface area contributed by atoms with Crippen molar-refractivity contribution >= 4 is 5.97 Å². The van der Waals surface area contributed by atoms with E-state index in [1.165, 1.54) is 18.0 Å². The minimum atomic E-state index is -0.546. The molecule has 9 nitrogen and oxygen atoms in total. The fourth-order valence-corrected chi connectivity index (χ4v) is 4.12. The van der Waals surface area contributed by atoms with Gasteiger partial charge in [-0.2, -0.15) is 0 Å². The van der Waals surface area contributed by atoms with Crippen LogP contribution in [0.15, 0.2) is 38.0 Å². The number of carbonyl (C=O) groups is 1. The van der Waals surface area contributed by atoms with Gasteiger partial charge in [-0.15, -0.1) is 5.10 Å². The molecule has 0 bridgehead atoms. The molecule has 0 spiro atoms. The molecule has 32 heavy (non-hydrogen) atoms. The second kappa shape index (κ2) is 9.12. The standard InChI is InChI=1S/C23H28N4O5/c1-4-14(10-24)19-9-13(2)20(23(29)32-19)21(15-5-6-15)18-8-7-16(31-18)11-27-12-17(25-26-27)22(28)30-3/h7-9,12,14-15,21H,4-6,10-11,24H2,1-3H3. The molecule has 1 aliphatic carbocycles. The van der Waals surface area contributed by atoms with Gasteiger partial charge >= 0.3 is 11.6 Å². The van der Waals surface area contributed by atoms with Crippen LogP contribution in [0.2, 0.25) is 0 Å². The first-order valence-electron chi connectivity index (χ1n) is 10.9. The van der Waals surface area contributed by atoms with E-state index in [9.17, 15) is 9.59 Å². The molecule has 0 aliphatic heterocycles. The van der Waals surface area contributed by atoms with E-state index in [1.807, 2.05) is 32.0 Å². The SMILES string of the molecule is CCC(CN)c1cc(C)c(C(c2ccc(Cn3cc(C(=O)OC)nn3)o2)C2CC2)c(=O)o1. The molecule has 3 heterocycles. The van der Waals surface area contributed by atoms with Gasteiger partial charge in [0.15, 0.2) is 5.69 Å². The van der Waals surface area contributed by atoms with Gasteiger partial charge in [0.2, 0.25) is 0 Å². The predicted molar refractivity (Wildman–Crippen MR) is 116 cm³/mol. The van der Waals surface area contributed by atoms with Crippen LogP contribution in [-0.4, -0.2) is 34.6 Å². The van der Waals surface area contributed by atoms with Crippen molar-refractivity contribution in [3.8, 4) is 0 Å². The number of aryl methyl sites for hydroxylation is 1. The summed E-state index contributed by atoms with van der Waals surface area (Å²) in [5, 5.41) is 7.75. The Labute approximate surface area is 185 Å². The van der Waals surface area contributed by atoms with Crippen LogP contribution in [0.4, 0.5) is 0 Å². The maximum absolute atomic E-state index is 13.0. The Morgan fingerprint density at radius 2 is 2.09 bits per heavy atom. The van der Waals surface area contributed by atoms with Crippen LogP contribution < -0.4 is 11.4 Å². The van der Waals surface area contributed by atoms with Crippen molar-refractivity contribution < 1.29 is 18.4 Å². The molecule has 0 aromatic carbocycles. The number of hydrogen-bond acceptors (Lipinski definition) is 8. The molecule has 1 fully saturated rings. The Kier molecular flexibility index (Phi) is 6.27. The number of nitrogens with zero attached hydrogens (tertiary/aromatic N) is 3. The summed E-state index contributed by atoms with van der Waals surface area (Å²) in [4.78, 5) is 24.6. The number of hydrogen-bond donors (Lipinski definition) is 1. The van der Waals surface area contributed by atoms with Crippen LogP contribution in [0.3, 0.4) is 0 Å². The van der Waals surface area contributed by atoms with Crippen LogP contribution in [0.25, 0.3) is 0 Å². The molecule has 170 valence electrons. The molecule has 0 radical (unpaired) electrons. The highest BCUT2D eigenvalue weighted by Gasteiger charge is 2.38. The lowest BCUT2D eigenvalue weighted by atomic mass is 9.89. The molecule has 3 aromatic heterocycles. The molecule has 9 heteroatoms. The lowest BCUT2D eigenvalue weighted by Gasteiger charge is -2.18. The molecule has 2 atom stereocenters. The summed E-state index contributed by atoms with van der Waals surface area (Å²) < 4.78 is 18.0. The topological polar surface area (TPSA) is 126 Å². The van der Waals surface area contributed by atoms with Crippen LogP contribution in [0, 0.1) is 12.8 Å². The Morgan fingerprint density at radius 1 is 1.31 bits per heavy atom. The zero-order valence-corrected chi connectivity index (χ0v) is 18.5. The Balaban J connectivity index is 1.61. The summed E-state index contributed by atoms with van der Waals surface area (Å²) in [6, 6.07) is 5.70. The third kappa shape index (κ3) is 4.38. The second-order valence-electron chi connectivity index (χ2n) is 8.29. The third-order valence-electron chi connectivity index (χ3n) is 6.04. The van der Waals surface area contributed by atoms with Gasteiger partial charge in [0.25, 0.3) is 0 Å². The molecule has 2 N–H and O–H groups in total. The number of aromatic nitrogens is 3. The maximum Gasteiger partial charge on any atom is 0.360 e. The van der Waals surface area contributed by atoms with Crippen molar-refractivity contribution in [1.82, 2.24) is 15.0 Å². The zero-order valence-electron chi connectivity index (χ0n) is 18.5. The number of carbonyl (C=O) groups excluding carboxylic acids is 1. The number of furan rings is 1. The van der Waals surface area contributed by atoms with Gasteiger partial charge in [0.1, 0.15) is 23.8 Å².